The van der Waals surface area contributed by atoms with Gasteiger partial charge in [0, 0.05) is 44.3 Å². The number of carbonyl (C=O) groups is 2. The molecule has 0 spiro atoms. The summed E-state index contributed by atoms with van der Waals surface area (Å²) in [6, 6.07) is 8.03. The zero-order chi connectivity index (χ0) is 18.4. The lowest BCUT2D eigenvalue weighted by molar-refractivity contribution is -0.132. The van der Waals surface area contributed by atoms with Gasteiger partial charge in [-0.15, -0.1) is 0 Å². The van der Waals surface area contributed by atoms with Crippen LogP contribution in [-0.4, -0.2) is 54.0 Å². The van der Waals surface area contributed by atoms with Crippen LogP contribution in [0, 0.1) is 0 Å². The molecule has 0 radical (unpaired) electrons. The Labute approximate surface area is 155 Å². The van der Waals surface area contributed by atoms with E-state index in [4.69, 9.17) is 5.73 Å². The van der Waals surface area contributed by atoms with Gasteiger partial charge in [-0.05, 0) is 30.9 Å². The van der Waals surface area contributed by atoms with Gasteiger partial charge in [-0.25, -0.2) is 4.79 Å². The Balaban J connectivity index is 1.40. The smallest absolute Gasteiger partial charge is 0.317 e. The molecule has 3 N–H and O–H groups in total. The summed E-state index contributed by atoms with van der Waals surface area (Å²) in [4.78, 5) is 28.5. The summed E-state index contributed by atoms with van der Waals surface area (Å²) in [6.07, 6.45) is 7.00. The van der Waals surface area contributed by atoms with E-state index in [1.165, 1.54) is 19.3 Å². The molecule has 1 aliphatic carbocycles. The van der Waals surface area contributed by atoms with Crippen molar-refractivity contribution >= 4 is 17.6 Å². The molecule has 0 aromatic heterocycles. The highest BCUT2D eigenvalue weighted by Gasteiger charge is 2.25. The third-order valence-electron chi connectivity index (χ3n) is 5.52. The van der Waals surface area contributed by atoms with Gasteiger partial charge in [-0.3, -0.25) is 4.79 Å². The predicted molar refractivity (Wildman–Crippen MR) is 103 cm³/mol. The van der Waals surface area contributed by atoms with E-state index in [1.807, 2.05) is 34.1 Å². The lowest BCUT2D eigenvalue weighted by Gasteiger charge is -2.36. The number of hydrogen-bond donors (Lipinski definition) is 2. The van der Waals surface area contributed by atoms with Crippen molar-refractivity contribution < 1.29 is 9.59 Å². The molecule has 0 bridgehead atoms. The average Bonchev–Trinajstić information content (AvgIpc) is 2.68. The summed E-state index contributed by atoms with van der Waals surface area (Å²) in [5.74, 6) is 0.139. The third kappa shape index (κ3) is 4.90. The summed E-state index contributed by atoms with van der Waals surface area (Å²) in [5.41, 5.74) is 7.70. The van der Waals surface area contributed by atoms with Crippen molar-refractivity contribution in [3.63, 3.8) is 0 Å². The van der Waals surface area contributed by atoms with Gasteiger partial charge in [-0.2, -0.15) is 0 Å². The first-order valence-electron chi connectivity index (χ1n) is 9.80. The Morgan fingerprint density at radius 2 is 1.65 bits per heavy atom. The van der Waals surface area contributed by atoms with Crippen LogP contribution in [0.25, 0.3) is 0 Å². The van der Waals surface area contributed by atoms with Crippen LogP contribution in [0.4, 0.5) is 10.5 Å². The van der Waals surface area contributed by atoms with E-state index >= 15 is 0 Å². The maximum absolute atomic E-state index is 12.4. The molecule has 1 saturated carbocycles. The second-order valence-corrected chi connectivity index (χ2v) is 7.35. The first kappa shape index (κ1) is 18.5. The molecule has 26 heavy (non-hydrogen) atoms. The van der Waals surface area contributed by atoms with Gasteiger partial charge >= 0.3 is 6.03 Å². The molecule has 0 atom stereocenters. The maximum atomic E-state index is 12.4. The SMILES string of the molecule is Nc1ccccc1CCC(=O)N1CCN(C(=O)NC2CCCCC2)CC1. The third-order valence-corrected chi connectivity index (χ3v) is 5.52. The first-order chi connectivity index (χ1) is 12.6. The fourth-order valence-electron chi connectivity index (χ4n) is 3.83. The molecule has 142 valence electrons. The largest absolute Gasteiger partial charge is 0.399 e. The number of nitrogen functional groups attached to an aromatic ring is 1. The van der Waals surface area contributed by atoms with Crippen molar-refractivity contribution in [2.75, 3.05) is 31.9 Å². The molecular formula is C20H30N4O2. The zero-order valence-corrected chi connectivity index (χ0v) is 15.5. The number of carbonyl (C=O) groups excluding carboxylic acids is 2. The molecule has 6 heteroatoms. The molecule has 1 saturated heterocycles. The molecule has 1 heterocycles. The summed E-state index contributed by atoms with van der Waals surface area (Å²) in [5, 5.41) is 3.16. The normalized spacial score (nSPS) is 18.6. The monoisotopic (exact) mass is 358 g/mol. The molecule has 6 nitrogen and oxygen atoms in total. The first-order valence-corrected chi connectivity index (χ1v) is 9.80. The number of nitrogens with two attached hydrogens (primary N) is 1. The number of piperazine rings is 1. The molecule has 0 unspecified atom stereocenters. The van der Waals surface area contributed by atoms with Gasteiger partial charge in [0.1, 0.15) is 0 Å². The fourth-order valence-corrected chi connectivity index (χ4v) is 3.83. The van der Waals surface area contributed by atoms with E-state index in [1.54, 1.807) is 0 Å². The second-order valence-electron chi connectivity index (χ2n) is 7.35. The molecule has 1 aromatic carbocycles. The lowest BCUT2D eigenvalue weighted by atomic mass is 9.96. The van der Waals surface area contributed by atoms with Crippen molar-refractivity contribution in [1.29, 1.82) is 0 Å². The van der Waals surface area contributed by atoms with Crippen molar-refractivity contribution in [1.82, 2.24) is 15.1 Å². The lowest BCUT2D eigenvalue weighted by Crippen LogP contribution is -2.54. The number of nitrogens with zero attached hydrogens (tertiary/aromatic N) is 2. The van der Waals surface area contributed by atoms with E-state index in [-0.39, 0.29) is 11.9 Å². The molecule has 1 aromatic rings. The quantitative estimate of drug-likeness (QED) is 0.811. The van der Waals surface area contributed by atoms with E-state index in [0.29, 0.717) is 45.1 Å². The number of hydrogen-bond acceptors (Lipinski definition) is 3. The van der Waals surface area contributed by atoms with Crippen LogP contribution >= 0.6 is 0 Å². The molecule has 1 aliphatic heterocycles. The predicted octanol–water partition coefficient (Wildman–Crippen LogP) is 2.39. The highest BCUT2D eigenvalue weighted by molar-refractivity contribution is 5.78. The van der Waals surface area contributed by atoms with E-state index in [2.05, 4.69) is 5.32 Å². The number of urea groups is 1. The van der Waals surface area contributed by atoms with Gasteiger partial charge < -0.3 is 20.9 Å². The number of benzene rings is 1. The number of rotatable bonds is 4. The van der Waals surface area contributed by atoms with Crippen LogP contribution in [0.2, 0.25) is 0 Å². The number of nitrogens with one attached hydrogen (secondary N) is 1. The van der Waals surface area contributed by atoms with Crippen molar-refractivity contribution in [3.05, 3.63) is 29.8 Å². The minimum atomic E-state index is 0.0288. The summed E-state index contributed by atoms with van der Waals surface area (Å²) in [7, 11) is 0. The Kier molecular flexibility index (Phi) is 6.36. The van der Waals surface area contributed by atoms with Gasteiger partial charge in [0.15, 0.2) is 0 Å². The van der Waals surface area contributed by atoms with Crippen LogP contribution in [-0.2, 0) is 11.2 Å². The number of aryl methyl sites for hydroxylation is 1. The van der Waals surface area contributed by atoms with E-state index in [0.717, 1.165) is 24.1 Å². The van der Waals surface area contributed by atoms with Crippen LogP contribution in [0.1, 0.15) is 44.1 Å². The van der Waals surface area contributed by atoms with Crippen molar-refractivity contribution in [2.24, 2.45) is 0 Å². The Morgan fingerprint density at radius 1 is 1.00 bits per heavy atom. The minimum Gasteiger partial charge on any atom is -0.399 e. The van der Waals surface area contributed by atoms with Crippen LogP contribution in [0.5, 0.6) is 0 Å². The molecular weight excluding hydrogens is 328 g/mol. The number of para-hydroxylation sites is 1. The fraction of sp³-hybridized carbons (Fsp3) is 0.600. The Hall–Kier alpha value is -2.24. The highest BCUT2D eigenvalue weighted by atomic mass is 16.2. The standard InChI is InChI=1S/C20H30N4O2/c21-18-9-5-4-6-16(18)10-11-19(25)23-12-14-24(15-13-23)20(26)22-17-7-2-1-3-8-17/h4-6,9,17H,1-3,7-8,10-15,21H2,(H,22,26). The minimum absolute atomic E-state index is 0.0288. The van der Waals surface area contributed by atoms with Gasteiger partial charge in [0.2, 0.25) is 5.91 Å². The Bertz CT molecular complexity index is 620. The summed E-state index contributed by atoms with van der Waals surface area (Å²) < 4.78 is 0. The molecule has 3 amide bonds. The second kappa shape index (κ2) is 8.92. The van der Waals surface area contributed by atoms with Crippen LogP contribution in [0.3, 0.4) is 0 Å². The van der Waals surface area contributed by atoms with E-state index < -0.39 is 0 Å². The van der Waals surface area contributed by atoms with Crippen LogP contribution < -0.4 is 11.1 Å². The van der Waals surface area contributed by atoms with Crippen molar-refractivity contribution in [3.8, 4) is 0 Å². The van der Waals surface area contributed by atoms with E-state index in [9.17, 15) is 9.59 Å². The summed E-state index contributed by atoms with van der Waals surface area (Å²) >= 11 is 0. The van der Waals surface area contributed by atoms with Crippen molar-refractivity contribution in [2.45, 2.75) is 51.0 Å². The Morgan fingerprint density at radius 3 is 2.35 bits per heavy atom. The maximum Gasteiger partial charge on any atom is 0.317 e. The molecule has 3 rings (SSSR count). The average molecular weight is 358 g/mol. The van der Waals surface area contributed by atoms with Crippen LogP contribution in [0.15, 0.2) is 24.3 Å². The number of anilines is 1. The number of amides is 3. The van der Waals surface area contributed by atoms with Gasteiger partial charge in [0.05, 0.1) is 0 Å². The molecule has 2 fully saturated rings. The van der Waals surface area contributed by atoms with Gasteiger partial charge in [-0.1, -0.05) is 37.5 Å². The topological polar surface area (TPSA) is 78.7 Å². The molecule has 2 aliphatic rings. The highest BCUT2D eigenvalue weighted by Crippen LogP contribution is 2.18. The van der Waals surface area contributed by atoms with Gasteiger partial charge in [0.25, 0.3) is 0 Å². The zero-order valence-electron chi connectivity index (χ0n) is 15.5. The summed E-state index contributed by atoms with van der Waals surface area (Å²) in [6.45, 7) is 2.44.